The molecule has 1 aromatic carbocycles. The third kappa shape index (κ3) is 3.74. The molecule has 1 aromatic rings. The number of esters is 1. The molecule has 0 aromatic heterocycles. The van der Waals surface area contributed by atoms with Gasteiger partial charge in [-0.05, 0) is 24.5 Å². The molecule has 1 heterocycles. The van der Waals surface area contributed by atoms with Crippen LogP contribution < -0.4 is 5.73 Å². The smallest absolute Gasteiger partial charge is 0.306 e. The maximum Gasteiger partial charge on any atom is 0.306 e. The molecular weight excluding hydrogens is 230 g/mol. The molecule has 2 rings (SSSR count). The summed E-state index contributed by atoms with van der Waals surface area (Å²) in [5.41, 5.74) is 7.54. The second-order valence-corrected chi connectivity index (χ2v) is 4.61. The highest BCUT2D eigenvalue weighted by Crippen LogP contribution is 2.15. The van der Waals surface area contributed by atoms with Gasteiger partial charge in [0.1, 0.15) is 0 Å². The van der Waals surface area contributed by atoms with Crippen molar-refractivity contribution in [2.75, 3.05) is 25.6 Å². The summed E-state index contributed by atoms with van der Waals surface area (Å²) >= 11 is 0. The molecule has 0 radical (unpaired) electrons. The largest absolute Gasteiger partial charge is 0.465 e. The Labute approximate surface area is 107 Å². The molecule has 1 fully saturated rings. The van der Waals surface area contributed by atoms with Gasteiger partial charge in [-0.3, -0.25) is 4.79 Å². The van der Waals surface area contributed by atoms with Crippen molar-refractivity contribution in [3.05, 3.63) is 29.8 Å². The van der Waals surface area contributed by atoms with Crippen LogP contribution in [0.25, 0.3) is 0 Å². The summed E-state index contributed by atoms with van der Waals surface area (Å²) in [6.07, 6.45) is 1.99. The first-order valence-electron chi connectivity index (χ1n) is 6.32. The zero-order chi connectivity index (χ0) is 12.8. The zero-order valence-electron chi connectivity index (χ0n) is 10.4. The molecule has 1 saturated heterocycles. The van der Waals surface area contributed by atoms with Crippen LogP contribution in [0.1, 0.15) is 18.4 Å². The Hall–Kier alpha value is -1.55. The van der Waals surface area contributed by atoms with Crippen LogP contribution in [0.2, 0.25) is 0 Å². The molecule has 0 saturated carbocycles. The van der Waals surface area contributed by atoms with Crippen molar-refractivity contribution >= 4 is 11.7 Å². The highest BCUT2D eigenvalue weighted by molar-refractivity contribution is 5.70. The number of aryl methyl sites for hydroxylation is 1. The van der Waals surface area contributed by atoms with E-state index in [-0.39, 0.29) is 5.97 Å². The van der Waals surface area contributed by atoms with Crippen molar-refractivity contribution in [3.63, 3.8) is 0 Å². The van der Waals surface area contributed by atoms with Crippen LogP contribution in [-0.2, 0) is 20.7 Å². The molecule has 18 heavy (non-hydrogen) atoms. The molecule has 98 valence electrons. The van der Waals surface area contributed by atoms with Crippen LogP contribution in [0.15, 0.2) is 24.3 Å². The highest BCUT2D eigenvalue weighted by Gasteiger charge is 2.17. The Kier molecular flexibility index (Phi) is 4.59. The van der Waals surface area contributed by atoms with Gasteiger partial charge in [-0.15, -0.1) is 0 Å². The topological polar surface area (TPSA) is 61.6 Å². The van der Waals surface area contributed by atoms with Crippen molar-refractivity contribution < 1.29 is 14.3 Å². The van der Waals surface area contributed by atoms with E-state index in [1.807, 2.05) is 24.3 Å². The van der Waals surface area contributed by atoms with E-state index in [0.29, 0.717) is 32.0 Å². The Bertz CT molecular complexity index is 400. The number of nitrogen functional groups attached to an aromatic ring is 1. The van der Waals surface area contributed by atoms with Gasteiger partial charge in [0, 0.05) is 24.6 Å². The van der Waals surface area contributed by atoms with Crippen LogP contribution in [0.3, 0.4) is 0 Å². The third-order valence-electron chi connectivity index (χ3n) is 3.16. The fourth-order valence-corrected chi connectivity index (χ4v) is 2.00. The normalized spacial score (nSPS) is 18.8. The van der Waals surface area contributed by atoms with Gasteiger partial charge in [0.25, 0.3) is 0 Å². The first-order valence-corrected chi connectivity index (χ1v) is 6.32. The molecular formula is C14H19NO3. The fourth-order valence-electron chi connectivity index (χ4n) is 2.00. The van der Waals surface area contributed by atoms with Gasteiger partial charge in [-0.25, -0.2) is 0 Å². The van der Waals surface area contributed by atoms with E-state index in [2.05, 4.69) is 0 Å². The van der Waals surface area contributed by atoms with Crippen molar-refractivity contribution in [1.82, 2.24) is 0 Å². The molecule has 1 aliphatic heterocycles. The molecule has 1 unspecified atom stereocenters. The van der Waals surface area contributed by atoms with Crippen LogP contribution in [0.5, 0.6) is 0 Å². The third-order valence-corrected chi connectivity index (χ3v) is 3.16. The second-order valence-electron chi connectivity index (χ2n) is 4.61. The molecule has 4 heteroatoms. The van der Waals surface area contributed by atoms with E-state index in [4.69, 9.17) is 15.2 Å². The lowest BCUT2D eigenvalue weighted by Crippen LogP contribution is -2.14. The van der Waals surface area contributed by atoms with Crippen molar-refractivity contribution in [2.24, 2.45) is 5.92 Å². The van der Waals surface area contributed by atoms with E-state index in [1.54, 1.807) is 0 Å². The van der Waals surface area contributed by atoms with Crippen LogP contribution >= 0.6 is 0 Å². The van der Waals surface area contributed by atoms with Gasteiger partial charge < -0.3 is 15.2 Å². The van der Waals surface area contributed by atoms with Crippen LogP contribution in [0.4, 0.5) is 5.69 Å². The SMILES string of the molecule is Nc1ccccc1CCC(=O)OCC1CCOC1. The maximum absolute atomic E-state index is 11.6. The number of carbonyl (C=O) groups is 1. The average molecular weight is 249 g/mol. The molecule has 0 bridgehead atoms. The summed E-state index contributed by atoms with van der Waals surface area (Å²) < 4.78 is 10.5. The summed E-state index contributed by atoms with van der Waals surface area (Å²) in [6, 6.07) is 7.59. The zero-order valence-corrected chi connectivity index (χ0v) is 10.4. The van der Waals surface area contributed by atoms with E-state index < -0.39 is 0 Å². The second kappa shape index (κ2) is 6.40. The summed E-state index contributed by atoms with van der Waals surface area (Å²) in [4.78, 5) is 11.6. The number of carbonyl (C=O) groups excluding carboxylic acids is 1. The van der Waals surface area contributed by atoms with E-state index in [0.717, 1.165) is 24.3 Å². The molecule has 1 aliphatic rings. The predicted octanol–water partition coefficient (Wildman–Crippen LogP) is 1.78. The number of ether oxygens (including phenoxy) is 2. The van der Waals surface area contributed by atoms with Crippen molar-refractivity contribution in [1.29, 1.82) is 0 Å². The summed E-state index contributed by atoms with van der Waals surface area (Å²) in [5, 5.41) is 0. The Morgan fingerprint density at radius 3 is 3.00 bits per heavy atom. The Morgan fingerprint density at radius 1 is 1.44 bits per heavy atom. The number of para-hydroxylation sites is 1. The first kappa shape index (κ1) is 12.9. The molecule has 4 nitrogen and oxygen atoms in total. The van der Waals surface area contributed by atoms with Gasteiger partial charge in [0.05, 0.1) is 13.2 Å². The van der Waals surface area contributed by atoms with Gasteiger partial charge >= 0.3 is 5.97 Å². The Morgan fingerprint density at radius 2 is 2.28 bits per heavy atom. The number of hydrogen-bond donors (Lipinski definition) is 1. The average Bonchev–Trinajstić information content (AvgIpc) is 2.88. The summed E-state index contributed by atoms with van der Waals surface area (Å²) in [7, 11) is 0. The number of rotatable bonds is 5. The molecule has 1 atom stereocenters. The minimum Gasteiger partial charge on any atom is -0.465 e. The fraction of sp³-hybridized carbons (Fsp3) is 0.500. The van der Waals surface area contributed by atoms with Gasteiger partial charge in [0.15, 0.2) is 0 Å². The molecule has 0 amide bonds. The van der Waals surface area contributed by atoms with Gasteiger partial charge in [0.2, 0.25) is 0 Å². The Balaban J connectivity index is 1.69. The number of benzene rings is 1. The minimum absolute atomic E-state index is 0.162. The maximum atomic E-state index is 11.6. The van der Waals surface area contributed by atoms with Gasteiger partial charge in [-0.1, -0.05) is 18.2 Å². The lowest BCUT2D eigenvalue weighted by atomic mass is 10.1. The quantitative estimate of drug-likeness (QED) is 0.638. The van der Waals surface area contributed by atoms with E-state index >= 15 is 0 Å². The highest BCUT2D eigenvalue weighted by atomic mass is 16.5. The van der Waals surface area contributed by atoms with Crippen molar-refractivity contribution in [2.45, 2.75) is 19.3 Å². The predicted molar refractivity (Wildman–Crippen MR) is 69.1 cm³/mol. The molecule has 0 aliphatic carbocycles. The summed E-state index contributed by atoms with van der Waals surface area (Å²) in [6.45, 7) is 1.96. The van der Waals surface area contributed by atoms with Gasteiger partial charge in [-0.2, -0.15) is 0 Å². The lowest BCUT2D eigenvalue weighted by Gasteiger charge is -2.09. The lowest BCUT2D eigenvalue weighted by molar-refractivity contribution is -0.144. The van der Waals surface area contributed by atoms with E-state index in [9.17, 15) is 4.79 Å². The first-order chi connectivity index (χ1) is 8.75. The monoisotopic (exact) mass is 249 g/mol. The number of nitrogens with two attached hydrogens (primary N) is 1. The molecule has 0 spiro atoms. The summed E-state index contributed by atoms with van der Waals surface area (Å²) in [5.74, 6) is 0.209. The van der Waals surface area contributed by atoms with Crippen molar-refractivity contribution in [3.8, 4) is 0 Å². The van der Waals surface area contributed by atoms with Crippen LogP contribution in [-0.4, -0.2) is 25.8 Å². The number of anilines is 1. The molecule has 2 N–H and O–H groups in total. The minimum atomic E-state index is -0.162. The number of hydrogen-bond acceptors (Lipinski definition) is 4. The van der Waals surface area contributed by atoms with E-state index in [1.165, 1.54) is 0 Å². The van der Waals surface area contributed by atoms with Crippen LogP contribution in [0, 0.1) is 5.92 Å². The standard InChI is InChI=1S/C14H19NO3/c15-13-4-2-1-3-12(13)5-6-14(16)18-10-11-7-8-17-9-11/h1-4,11H,5-10,15H2.